The summed E-state index contributed by atoms with van der Waals surface area (Å²) < 4.78 is 12.2. The number of anilines is 1. The number of rotatable bonds is 8. The predicted molar refractivity (Wildman–Crippen MR) is 100 cm³/mol. The molecule has 2 rings (SSSR count). The van der Waals surface area contributed by atoms with Gasteiger partial charge in [-0.3, -0.25) is 9.48 Å². The first-order valence-corrected chi connectivity index (χ1v) is 8.56. The summed E-state index contributed by atoms with van der Waals surface area (Å²) in [5, 5.41) is 16.0. The fraction of sp³-hybridized carbons (Fsp3) is 0.421. The minimum Gasteiger partial charge on any atom is -0.497 e. The molecule has 1 aromatic carbocycles. The van der Waals surface area contributed by atoms with Crippen molar-refractivity contribution in [2.24, 2.45) is 5.92 Å². The second kappa shape index (κ2) is 8.11. The molecule has 8 heteroatoms. The lowest BCUT2D eigenvalue weighted by Crippen LogP contribution is -2.35. The lowest BCUT2D eigenvalue weighted by molar-refractivity contribution is -0.146. The van der Waals surface area contributed by atoms with E-state index in [1.165, 1.54) is 30.9 Å². The zero-order chi connectivity index (χ0) is 20.2. The molecule has 8 nitrogen and oxygen atoms in total. The summed E-state index contributed by atoms with van der Waals surface area (Å²) in [4.78, 5) is 24.0. The molecule has 0 saturated carbocycles. The number of hydrogen-bond acceptors (Lipinski definition) is 5. The molecule has 27 heavy (non-hydrogen) atoms. The van der Waals surface area contributed by atoms with Crippen LogP contribution in [-0.2, 0) is 10.3 Å². The highest BCUT2D eigenvalue weighted by Crippen LogP contribution is 2.26. The zero-order valence-corrected chi connectivity index (χ0v) is 16.1. The lowest BCUT2D eigenvalue weighted by atomic mass is 10.1. The molecule has 0 aliphatic carbocycles. The molecule has 2 N–H and O–H groups in total. The zero-order valence-electron chi connectivity index (χ0n) is 16.1. The fourth-order valence-electron chi connectivity index (χ4n) is 2.18. The van der Waals surface area contributed by atoms with Gasteiger partial charge in [-0.1, -0.05) is 13.8 Å². The van der Waals surface area contributed by atoms with Gasteiger partial charge in [0.1, 0.15) is 11.5 Å². The average Bonchev–Trinajstić information content (AvgIpc) is 3.08. The van der Waals surface area contributed by atoms with Crippen molar-refractivity contribution >= 4 is 17.6 Å². The SMILES string of the molecule is COc1ccc(C(=O)Nc2cnn(C(C)(C)C(=O)O)c2)c(OCC(C)C)c1. The molecule has 1 amide bonds. The lowest BCUT2D eigenvalue weighted by Gasteiger charge is -2.19. The van der Waals surface area contributed by atoms with E-state index in [2.05, 4.69) is 10.4 Å². The molecule has 0 aliphatic heterocycles. The Morgan fingerprint density at radius 3 is 2.63 bits per heavy atom. The number of carboxylic acids is 1. The van der Waals surface area contributed by atoms with E-state index in [0.717, 1.165) is 0 Å². The summed E-state index contributed by atoms with van der Waals surface area (Å²) in [6, 6.07) is 4.96. The van der Waals surface area contributed by atoms with E-state index in [1.807, 2.05) is 13.8 Å². The van der Waals surface area contributed by atoms with Gasteiger partial charge in [0, 0.05) is 12.3 Å². The van der Waals surface area contributed by atoms with E-state index in [4.69, 9.17) is 9.47 Å². The molecule has 1 aromatic heterocycles. The second-order valence-electron chi connectivity index (χ2n) is 7.06. The van der Waals surface area contributed by atoms with E-state index >= 15 is 0 Å². The summed E-state index contributed by atoms with van der Waals surface area (Å²) >= 11 is 0. The van der Waals surface area contributed by atoms with Crippen molar-refractivity contribution in [2.45, 2.75) is 33.2 Å². The Hall–Kier alpha value is -3.03. The quantitative estimate of drug-likeness (QED) is 0.735. The molecule has 0 aliphatic rings. The molecule has 0 radical (unpaired) electrons. The van der Waals surface area contributed by atoms with Crippen LogP contribution in [0, 0.1) is 5.92 Å². The van der Waals surface area contributed by atoms with E-state index in [9.17, 15) is 14.7 Å². The maximum Gasteiger partial charge on any atom is 0.331 e. The predicted octanol–water partition coefficient (Wildman–Crippen LogP) is 3.00. The van der Waals surface area contributed by atoms with Gasteiger partial charge in [-0.15, -0.1) is 0 Å². The normalized spacial score (nSPS) is 11.3. The standard InChI is InChI=1S/C19H25N3O5/c1-12(2)11-27-16-8-14(26-5)6-7-15(16)17(23)21-13-9-20-22(10-13)19(3,4)18(24)25/h6-10,12H,11H2,1-5H3,(H,21,23)(H,24,25). The van der Waals surface area contributed by atoms with Crippen molar-refractivity contribution in [3.63, 3.8) is 0 Å². The monoisotopic (exact) mass is 375 g/mol. The van der Waals surface area contributed by atoms with Crippen LogP contribution < -0.4 is 14.8 Å². The van der Waals surface area contributed by atoms with Crippen molar-refractivity contribution < 1.29 is 24.2 Å². The number of methoxy groups -OCH3 is 1. The van der Waals surface area contributed by atoms with Crippen LogP contribution in [0.25, 0.3) is 0 Å². The number of nitrogens with one attached hydrogen (secondary N) is 1. The molecular weight excluding hydrogens is 350 g/mol. The van der Waals surface area contributed by atoms with Crippen molar-refractivity contribution in [3.05, 3.63) is 36.2 Å². The van der Waals surface area contributed by atoms with Crippen LogP contribution in [0.4, 0.5) is 5.69 Å². The molecule has 0 saturated heterocycles. The number of nitrogens with zero attached hydrogens (tertiary/aromatic N) is 2. The highest BCUT2D eigenvalue weighted by Gasteiger charge is 2.30. The molecule has 0 spiro atoms. The molecule has 0 fully saturated rings. The topological polar surface area (TPSA) is 103 Å². The van der Waals surface area contributed by atoms with Gasteiger partial charge in [0.05, 0.1) is 31.2 Å². The molecule has 146 valence electrons. The number of benzene rings is 1. The summed E-state index contributed by atoms with van der Waals surface area (Å²) in [5.41, 5.74) is -0.490. The minimum atomic E-state index is -1.23. The van der Waals surface area contributed by atoms with Gasteiger partial charge in [0.15, 0.2) is 5.54 Å². The minimum absolute atomic E-state index is 0.295. The summed E-state index contributed by atoms with van der Waals surface area (Å²) in [7, 11) is 1.54. The van der Waals surface area contributed by atoms with Crippen LogP contribution in [0.2, 0.25) is 0 Å². The van der Waals surface area contributed by atoms with Crippen molar-refractivity contribution in [2.75, 3.05) is 19.0 Å². The number of amides is 1. The number of aromatic nitrogens is 2. The molecular formula is C19H25N3O5. The van der Waals surface area contributed by atoms with E-state index < -0.39 is 11.5 Å². The van der Waals surface area contributed by atoms with E-state index in [0.29, 0.717) is 35.3 Å². The number of carboxylic acid groups (broad SMARTS) is 1. The third kappa shape index (κ3) is 4.78. The number of carbonyl (C=O) groups is 2. The molecule has 1 heterocycles. The van der Waals surface area contributed by atoms with E-state index in [1.54, 1.807) is 25.3 Å². The first kappa shape index (κ1) is 20.3. The third-order valence-electron chi connectivity index (χ3n) is 3.94. The maximum atomic E-state index is 12.7. The summed E-state index contributed by atoms with van der Waals surface area (Å²) in [5.74, 6) is -0.115. The third-order valence-corrected chi connectivity index (χ3v) is 3.94. The summed E-state index contributed by atoms with van der Waals surface area (Å²) in [6.07, 6.45) is 2.88. The highest BCUT2D eigenvalue weighted by atomic mass is 16.5. The number of aliphatic carboxylic acids is 1. The number of ether oxygens (including phenoxy) is 2. The van der Waals surface area contributed by atoms with Crippen LogP contribution in [0.3, 0.4) is 0 Å². The van der Waals surface area contributed by atoms with Crippen LogP contribution in [0.15, 0.2) is 30.6 Å². The van der Waals surface area contributed by atoms with Crippen molar-refractivity contribution in [1.82, 2.24) is 9.78 Å². The van der Waals surface area contributed by atoms with Gasteiger partial charge in [0.2, 0.25) is 0 Å². The van der Waals surface area contributed by atoms with Crippen LogP contribution in [0.5, 0.6) is 11.5 Å². The first-order chi connectivity index (χ1) is 12.6. The van der Waals surface area contributed by atoms with Crippen LogP contribution in [-0.4, -0.2) is 40.5 Å². The van der Waals surface area contributed by atoms with Gasteiger partial charge in [-0.25, -0.2) is 4.79 Å². The molecule has 0 unspecified atom stereocenters. The second-order valence-corrected chi connectivity index (χ2v) is 7.06. The largest absolute Gasteiger partial charge is 0.497 e. The number of carbonyl (C=O) groups excluding carboxylic acids is 1. The Balaban J connectivity index is 2.23. The Kier molecular flexibility index (Phi) is 6.09. The smallest absolute Gasteiger partial charge is 0.331 e. The average molecular weight is 375 g/mol. The van der Waals surface area contributed by atoms with Gasteiger partial charge < -0.3 is 19.9 Å². The molecule has 0 atom stereocenters. The van der Waals surface area contributed by atoms with Gasteiger partial charge in [-0.2, -0.15) is 5.10 Å². The van der Waals surface area contributed by atoms with E-state index in [-0.39, 0.29) is 5.91 Å². The highest BCUT2D eigenvalue weighted by molar-refractivity contribution is 6.06. The molecule has 2 aromatic rings. The Morgan fingerprint density at radius 1 is 1.33 bits per heavy atom. The maximum absolute atomic E-state index is 12.7. The Labute approximate surface area is 158 Å². The van der Waals surface area contributed by atoms with Gasteiger partial charge in [0.25, 0.3) is 5.91 Å². The first-order valence-electron chi connectivity index (χ1n) is 8.56. The molecule has 0 bridgehead atoms. The van der Waals surface area contributed by atoms with Gasteiger partial charge in [-0.05, 0) is 31.9 Å². The Bertz CT molecular complexity index is 827. The Morgan fingerprint density at radius 2 is 2.04 bits per heavy atom. The van der Waals surface area contributed by atoms with Crippen molar-refractivity contribution in [3.8, 4) is 11.5 Å². The van der Waals surface area contributed by atoms with Gasteiger partial charge >= 0.3 is 5.97 Å². The van der Waals surface area contributed by atoms with Crippen LogP contribution >= 0.6 is 0 Å². The van der Waals surface area contributed by atoms with Crippen molar-refractivity contribution in [1.29, 1.82) is 0 Å². The summed E-state index contributed by atoms with van der Waals surface area (Å²) in [6.45, 7) is 7.53. The number of hydrogen-bond donors (Lipinski definition) is 2. The van der Waals surface area contributed by atoms with Crippen LogP contribution in [0.1, 0.15) is 38.1 Å². The fourth-order valence-corrected chi connectivity index (χ4v) is 2.18.